The van der Waals surface area contributed by atoms with Crippen LogP contribution in [-0.4, -0.2) is 27.0 Å². The monoisotopic (exact) mass is 306 g/mol. The lowest BCUT2D eigenvalue weighted by molar-refractivity contribution is -0.121. The van der Waals surface area contributed by atoms with Gasteiger partial charge in [-0.3, -0.25) is 4.79 Å². The van der Waals surface area contributed by atoms with Crippen LogP contribution < -0.4 is 5.32 Å². The van der Waals surface area contributed by atoms with E-state index in [1.54, 1.807) is 17.5 Å². The van der Waals surface area contributed by atoms with Crippen LogP contribution in [0.3, 0.4) is 0 Å². The summed E-state index contributed by atoms with van der Waals surface area (Å²) >= 11 is 1.71. The first-order valence-corrected chi connectivity index (χ1v) is 7.98. The van der Waals surface area contributed by atoms with Crippen LogP contribution in [-0.2, 0) is 11.2 Å². The Morgan fingerprint density at radius 2 is 2.19 bits per heavy atom. The fraction of sp³-hybridized carbons (Fsp3) is 0.533. The summed E-state index contributed by atoms with van der Waals surface area (Å²) in [6.45, 7) is 8.71. The van der Waals surface area contributed by atoms with Crippen molar-refractivity contribution >= 4 is 17.2 Å². The zero-order chi connectivity index (χ0) is 15.4. The van der Waals surface area contributed by atoms with Crippen LogP contribution >= 0.6 is 11.3 Å². The molecule has 0 aliphatic heterocycles. The molecule has 0 aromatic carbocycles. The van der Waals surface area contributed by atoms with Gasteiger partial charge in [0.05, 0.1) is 10.7 Å². The average molecular weight is 306 g/mol. The molecular formula is C15H22N4OS. The number of hydrogen-bond donors (Lipinski definition) is 1. The molecule has 0 aliphatic carbocycles. The van der Waals surface area contributed by atoms with Crippen LogP contribution in [0.25, 0.3) is 0 Å². The molecule has 0 spiro atoms. The highest BCUT2D eigenvalue weighted by Gasteiger charge is 2.12. The third kappa shape index (κ3) is 4.14. The molecule has 0 radical (unpaired) electrons. The van der Waals surface area contributed by atoms with Gasteiger partial charge in [-0.15, -0.1) is 11.3 Å². The molecule has 0 saturated heterocycles. The fourth-order valence-corrected chi connectivity index (χ4v) is 3.18. The molecule has 2 rings (SSSR count). The minimum atomic E-state index is 0.0700. The van der Waals surface area contributed by atoms with Crippen molar-refractivity contribution < 1.29 is 4.79 Å². The minimum Gasteiger partial charge on any atom is -0.356 e. The van der Waals surface area contributed by atoms with E-state index in [1.165, 1.54) is 4.88 Å². The van der Waals surface area contributed by atoms with Crippen molar-refractivity contribution in [3.63, 3.8) is 0 Å². The topological polar surface area (TPSA) is 59.8 Å². The lowest BCUT2D eigenvalue weighted by Gasteiger charge is -2.14. The van der Waals surface area contributed by atoms with Crippen molar-refractivity contribution in [2.24, 2.45) is 0 Å². The smallest absolute Gasteiger partial charge is 0.222 e. The normalized spacial score (nSPS) is 12.4. The maximum atomic E-state index is 12.0. The van der Waals surface area contributed by atoms with Crippen molar-refractivity contribution in [3.8, 4) is 0 Å². The predicted molar refractivity (Wildman–Crippen MR) is 84.6 cm³/mol. The van der Waals surface area contributed by atoms with E-state index in [4.69, 9.17) is 0 Å². The van der Waals surface area contributed by atoms with Crippen molar-refractivity contribution in [2.45, 2.75) is 46.6 Å². The van der Waals surface area contributed by atoms with E-state index in [2.05, 4.69) is 22.2 Å². The number of aromatic nitrogens is 3. The Kier molecular flexibility index (Phi) is 5.12. The molecule has 2 aromatic heterocycles. The number of hydrogen-bond acceptors (Lipinski definition) is 4. The Bertz CT molecular complexity index is 597. The average Bonchev–Trinajstić information content (AvgIpc) is 2.96. The van der Waals surface area contributed by atoms with Crippen LogP contribution in [0.5, 0.6) is 0 Å². The van der Waals surface area contributed by atoms with Gasteiger partial charge in [0.2, 0.25) is 5.91 Å². The first-order valence-electron chi connectivity index (χ1n) is 7.16. The fourth-order valence-electron chi connectivity index (χ4n) is 2.25. The number of thiazole rings is 1. The van der Waals surface area contributed by atoms with Gasteiger partial charge in [-0.25, -0.2) is 9.97 Å². The van der Waals surface area contributed by atoms with Crippen LogP contribution in [0, 0.1) is 20.8 Å². The second kappa shape index (κ2) is 6.85. The molecule has 6 heteroatoms. The van der Waals surface area contributed by atoms with Gasteiger partial charge in [-0.1, -0.05) is 0 Å². The van der Waals surface area contributed by atoms with Gasteiger partial charge >= 0.3 is 0 Å². The standard InChI is InChI=1S/C15H22N4OS/c1-10(19-8-7-16-13(19)4)9-14(20)17-6-5-15-18-11(2)12(3)21-15/h7-8,10H,5-6,9H2,1-4H3,(H,17,20). The van der Waals surface area contributed by atoms with Crippen molar-refractivity contribution in [1.29, 1.82) is 0 Å². The minimum absolute atomic E-state index is 0.0700. The van der Waals surface area contributed by atoms with Crippen LogP contribution in [0.1, 0.15) is 40.8 Å². The number of rotatable bonds is 6. The summed E-state index contributed by atoms with van der Waals surface area (Å²) in [5.41, 5.74) is 1.09. The van der Waals surface area contributed by atoms with E-state index >= 15 is 0 Å². The van der Waals surface area contributed by atoms with Gasteiger partial charge in [-0.05, 0) is 27.7 Å². The van der Waals surface area contributed by atoms with Gasteiger partial charge in [0.25, 0.3) is 0 Å². The van der Waals surface area contributed by atoms with Gasteiger partial charge in [0, 0.05) is 42.7 Å². The van der Waals surface area contributed by atoms with Gasteiger partial charge < -0.3 is 9.88 Å². The molecule has 1 unspecified atom stereocenters. The number of carbonyl (C=O) groups excluding carboxylic acids is 1. The molecule has 1 atom stereocenters. The van der Waals surface area contributed by atoms with Crippen LogP contribution in [0.15, 0.2) is 12.4 Å². The van der Waals surface area contributed by atoms with Gasteiger partial charge in [0.15, 0.2) is 0 Å². The third-order valence-corrected chi connectivity index (χ3v) is 4.68. The Hall–Kier alpha value is -1.69. The van der Waals surface area contributed by atoms with E-state index in [0.29, 0.717) is 13.0 Å². The molecule has 5 nitrogen and oxygen atoms in total. The number of nitrogens with zero attached hydrogens (tertiary/aromatic N) is 3. The summed E-state index contributed by atoms with van der Waals surface area (Å²) < 4.78 is 2.02. The lowest BCUT2D eigenvalue weighted by Crippen LogP contribution is -2.27. The first-order chi connectivity index (χ1) is 9.97. The maximum absolute atomic E-state index is 12.0. The number of imidazole rings is 1. The molecule has 1 amide bonds. The molecule has 2 heterocycles. The lowest BCUT2D eigenvalue weighted by atomic mass is 10.2. The number of aryl methyl sites for hydroxylation is 3. The summed E-state index contributed by atoms with van der Waals surface area (Å²) in [5.74, 6) is 1.00. The SMILES string of the molecule is Cc1nc(CCNC(=O)CC(C)n2ccnc2C)sc1C. The second-order valence-electron chi connectivity index (χ2n) is 5.28. The van der Waals surface area contributed by atoms with Crippen molar-refractivity contribution in [2.75, 3.05) is 6.54 Å². The number of amides is 1. The Morgan fingerprint density at radius 1 is 1.43 bits per heavy atom. The van der Waals surface area contributed by atoms with E-state index in [-0.39, 0.29) is 11.9 Å². The summed E-state index contributed by atoms with van der Waals surface area (Å²) in [6, 6.07) is 0.122. The largest absolute Gasteiger partial charge is 0.356 e. The zero-order valence-corrected chi connectivity index (χ0v) is 13.8. The molecule has 0 fully saturated rings. The predicted octanol–water partition coefficient (Wildman–Crippen LogP) is 2.57. The highest BCUT2D eigenvalue weighted by Crippen LogP contribution is 2.16. The molecule has 1 N–H and O–H groups in total. The highest BCUT2D eigenvalue weighted by molar-refractivity contribution is 7.11. The van der Waals surface area contributed by atoms with E-state index in [0.717, 1.165) is 22.9 Å². The summed E-state index contributed by atoms with van der Waals surface area (Å²) in [6.07, 6.45) is 4.93. The summed E-state index contributed by atoms with van der Waals surface area (Å²) in [4.78, 5) is 21.9. The number of carbonyl (C=O) groups is 1. The van der Waals surface area contributed by atoms with Crippen LogP contribution in [0.2, 0.25) is 0 Å². The van der Waals surface area contributed by atoms with Crippen molar-refractivity contribution in [1.82, 2.24) is 19.9 Å². The van der Waals surface area contributed by atoms with Gasteiger partial charge in [-0.2, -0.15) is 0 Å². The van der Waals surface area contributed by atoms with Crippen molar-refractivity contribution in [3.05, 3.63) is 33.8 Å². The Labute approximate surface area is 129 Å². The highest BCUT2D eigenvalue weighted by atomic mass is 32.1. The quantitative estimate of drug-likeness (QED) is 0.892. The molecule has 114 valence electrons. The summed E-state index contributed by atoms with van der Waals surface area (Å²) in [5, 5.41) is 4.05. The molecule has 21 heavy (non-hydrogen) atoms. The van der Waals surface area contributed by atoms with Crippen LogP contribution in [0.4, 0.5) is 0 Å². The zero-order valence-electron chi connectivity index (χ0n) is 13.0. The second-order valence-corrected chi connectivity index (χ2v) is 6.57. The molecule has 0 aliphatic rings. The van der Waals surface area contributed by atoms with E-state index in [1.807, 2.05) is 31.5 Å². The maximum Gasteiger partial charge on any atom is 0.222 e. The van der Waals surface area contributed by atoms with E-state index in [9.17, 15) is 4.79 Å². The number of nitrogens with one attached hydrogen (secondary N) is 1. The Balaban J connectivity index is 1.76. The summed E-state index contributed by atoms with van der Waals surface area (Å²) in [7, 11) is 0. The third-order valence-electron chi connectivity index (χ3n) is 3.55. The molecular weight excluding hydrogens is 284 g/mol. The molecule has 0 saturated carbocycles. The van der Waals surface area contributed by atoms with Gasteiger partial charge in [0.1, 0.15) is 5.82 Å². The molecule has 0 bridgehead atoms. The Morgan fingerprint density at radius 3 is 2.76 bits per heavy atom. The first kappa shape index (κ1) is 15.7. The van der Waals surface area contributed by atoms with E-state index < -0.39 is 0 Å². The molecule has 2 aromatic rings.